The van der Waals surface area contributed by atoms with Gasteiger partial charge in [-0.1, -0.05) is 5.21 Å². The third kappa shape index (κ3) is 3.03. The molecule has 17 heavy (non-hydrogen) atoms. The minimum absolute atomic E-state index is 0.117. The number of carbonyl (C=O) groups is 1. The fraction of sp³-hybridized carbons (Fsp3) is 0.727. The van der Waals surface area contributed by atoms with E-state index in [2.05, 4.69) is 15.6 Å². The van der Waals surface area contributed by atoms with Gasteiger partial charge in [-0.15, -0.1) is 5.10 Å². The molecule has 1 fully saturated rings. The molecule has 1 aliphatic rings. The Morgan fingerprint density at radius 2 is 2.53 bits per heavy atom. The maximum absolute atomic E-state index is 12.2. The van der Waals surface area contributed by atoms with Gasteiger partial charge in [-0.05, 0) is 26.3 Å². The summed E-state index contributed by atoms with van der Waals surface area (Å²) in [5, 5.41) is 10.9. The average Bonchev–Trinajstić information content (AvgIpc) is 2.84. The summed E-state index contributed by atoms with van der Waals surface area (Å²) in [6.07, 6.45) is 5.53. The number of likely N-dealkylation sites (N-methyl/N-ethyl adjacent to an activating group) is 1. The fourth-order valence-electron chi connectivity index (χ4n) is 2.28. The molecule has 1 amide bonds. The molecular weight excluding hydrogens is 218 g/mol. The van der Waals surface area contributed by atoms with Crippen molar-refractivity contribution in [3.63, 3.8) is 0 Å². The van der Waals surface area contributed by atoms with Crippen LogP contribution < -0.4 is 5.32 Å². The van der Waals surface area contributed by atoms with E-state index in [1.54, 1.807) is 17.1 Å². The van der Waals surface area contributed by atoms with Gasteiger partial charge in [0, 0.05) is 25.3 Å². The molecule has 1 N–H and O–H groups in total. The Labute approximate surface area is 101 Å². The second kappa shape index (κ2) is 5.77. The zero-order valence-corrected chi connectivity index (χ0v) is 10.2. The van der Waals surface area contributed by atoms with Crippen LogP contribution in [0.25, 0.3) is 0 Å². The summed E-state index contributed by atoms with van der Waals surface area (Å²) >= 11 is 0. The van der Waals surface area contributed by atoms with E-state index in [0.717, 1.165) is 32.5 Å². The molecule has 6 heteroatoms. The van der Waals surface area contributed by atoms with E-state index in [0.29, 0.717) is 6.04 Å². The maximum atomic E-state index is 12.2. The SMILES string of the molecule is CCN(C(=O)Cn1ccnn1)C1CCCNC1. The number of nitrogens with one attached hydrogen (secondary N) is 1. The Balaban J connectivity index is 1.94. The van der Waals surface area contributed by atoms with Crippen LogP contribution in [0.1, 0.15) is 19.8 Å². The highest BCUT2D eigenvalue weighted by Gasteiger charge is 2.23. The monoisotopic (exact) mass is 237 g/mol. The molecule has 1 atom stereocenters. The number of piperidine rings is 1. The van der Waals surface area contributed by atoms with Crippen molar-refractivity contribution < 1.29 is 4.79 Å². The largest absolute Gasteiger partial charge is 0.337 e. The molecule has 0 bridgehead atoms. The molecule has 0 spiro atoms. The first-order valence-electron chi connectivity index (χ1n) is 6.15. The van der Waals surface area contributed by atoms with E-state index in [1.807, 2.05) is 11.8 Å². The van der Waals surface area contributed by atoms with Gasteiger partial charge in [-0.2, -0.15) is 0 Å². The average molecular weight is 237 g/mol. The maximum Gasteiger partial charge on any atom is 0.244 e. The van der Waals surface area contributed by atoms with Crippen molar-refractivity contribution in [3.8, 4) is 0 Å². The minimum Gasteiger partial charge on any atom is -0.337 e. The number of amides is 1. The first-order chi connectivity index (χ1) is 8.31. The Morgan fingerprint density at radius 3 is 3.12 bits per heavy atom. The van der Waals surface area contributed by atoms with Crippen LogP contribution in [-0.4, -0.2) is 51.5 Å². The van der Waals surface area contributed by atoms with E-state index in [1.165, 1.54) is 0 Å². The third-order valence-electron chi connectivity index (χ3n) is 3.14. The highest BCUT2D eigenvalue weighted by atomic mass is 16.2. The van der Waals surface area contributed by atoms with Gasteiger partial charge in [0.15, 0.2) is 0 Å². The molecule has 1 saturated heterocycles. The molecule has 1 aromatic rings. The molecule has 1 aliphatic heterocycles. The summed E-state index contributed by atoms with van der Waals surface area (Å²) < 4.78 is 1.57. The Kier molecular flexibility index (Phi) is 4.08. The molecule has 2 rings (SSSR count). The lowest BCUT2D eigenvalue weighted by Gasteiger charge is -2.33. The minimum atomic E-state index is 0.117. The van der Waals surface area contributed by atoms with Crippen molar-refractivity contribution in [2.45, 2.75) is 32.4 Å². The van der Waals surface area contributed by atoms with E-state index < -0.39 is 0 Å². The molecule has 1 unspecified atom stereocenters. The quantitative estimate of drug-likeness (QED) is 0.793. The number of hydrogen-bond donors (Lipinski definition) is 1. The van der Waals surface area contributed by atoms with Crippen molar-refractivity contribution in [2.75, 3.05) is 19.6 Å². The lowest BCUT2D eigenvalue weighted by atomic mass is 10.1. The number of aromatic nitrogens is 3. The van der Waals surface area contributed by atoms with E-state index in [-0.39, 0.29) is 12.5 Å². The van der Waals surface area contributed by atoms with E-state index in [4.69, 9.17) is 0 Å². The second-order valence-corrected chi connectivity index (χ2v) is 4.28. The number of nitrogens with zero attached hydrogens (tertiary/aromatic N) is 4. The lowest BCUT2D eigenvalue weighted by molar-refractivity contribution is -0.134. The van der Waals surface area contributed by atoms with E-state index >= 15 is 0 Å². The molecule has 0 radical (unpaired) electrons. The summed E-state index contributed by atoms with van der Waals surface area (Å²) in [5.41, 5.74) is 0. The second-order valence-electron chi connectivity index (χ2n) is 4.28. The molecule has 0 saturated carbocycles. The molecular formula is C11H19N5O. The van der Waals surface area contributed by atoms with Crippen molar-refractivity contribution >= 4 is 5.91 Å². The van der Waals surface area contributed by atoms with Crippen LogP contribution in [0.4, 0.5) is 0 Å². The third-order valence-corrected chi connectivity index (χ3v) is 3.14. The Hall–Kier alpha value is -1.43. The fourth-order valence-corrected chi connectivity index (χ4v) is 2.28. The molecule has 0 aromatic carbocycles. The summed E-state index contributed by atoms with van der Waals surface area (Å²) in [4.78, 5) is 14.1. The summed E-state index contributed by atoms with van der Waals surface area (Å²) in [6, 6.07) is 0.324. The van der Waals surface area contributed by atoms with Crippen LogP contribution in [0.3, 0.4) is 0 Å². The van der Waals surface area contributed by atoms with Crippen molar-refractivity contribution in [1.82, 2.24) is 25.2 Å². The number of rotatable bonds is 4. The molecule has 1 aromatic heterocycles. The molecule has 0 aliphatic carbocycles. The topological polar surface area (TPSA) is 63.1 Å². The first kappa shape index (κ1) is 12.0. The molecule has 6 nitrogen and oxygen atoms in total. The zero-order chi connectivity index (χ0) is 12.1. The van der Waals surface area contributed by atoms with Gasteiger partial charge in [0.1, 0.15) is 6.54 Å². The number of hydrogen-bond acceptors (Lipinski definition) is 4. The van der Waals surface area contributed by atoms with Crippen molar-refractivity contribution in [1.29, 1.82) is 0 Å². The Morgan fingerprint density at radius 1 is 1.65 bits per heavy atom. The van der Waals surface area contributed by atoms with Crippen LogP contribution >= 0.6 is 0 Å². The predicted molar refractivity (Wildman–Crippen MR) is 63.3 cm³/mol. The summed E-state index contributed by atoms with van der Waals surface area (Å²) in [5.74, 6) is 0.117. The van der Waals surface area contributed by atoms with Crippen LogP contribution in [0.5, 0.6) is 0 Å². The van der Waals surface area contributed by atoms with Crippen LogP contribution in [0, 0.1) is 0 Å². The normalized spacial score (nSPS) is 20.2. The van der Waals surface area contributed by atoms with Crippen molar-refractivity contribution in [2.24, 2.45) is 0 Å². The van der Waals surface area contributed by atoms with E-state index in [9.17, 15) is 4.79 Å². The van der Waals surface area contributed by atoms with Gasteiger partial charge < -0.3 is 10.2 Å². The summed E-state index contributed by atoms with van der Waals surface area (Å²) in [6.45, 7) is 5.01. The molecule has 94 valence electrons. The van der Waals surface area contributed by atoms with Gasteiger partial charge in [-0.25, -0.2) is 4.68 Å². The smallest absolute Gasteiger partial charge is 0.244 e. The lowest BCUT2D eigenvalue weighted by Crippen LogP contribution is -2.49. The predicted octanol–water partition coefficient (Wildman–Crippen LogP) is -0.121. The highest BCUT2D eigenvalue weighted by molar-refractivity contribution is 5.76. The van der Waals surface area contributed by atoms with Gasteiger partial charge in [0.25, 0.3) is 0 Å². The van der Waals surface area contributed by atoms with Crippen LogP contribution in [0.15, 0.2) is 12.4 Å². The van der Waals surface area contributed by atoms with Gasteiger partial charge >= 0.3 is 0 Å². The van der Waals surface area contributed by atoms with Gasteiger partial charge in [-0.3, -0.25) is 4.79 Å². The Bertz CT molecular complexity index is 345. The standard InChI is InChI=1S/C11H19N5O/c1-2-16(10-4-3-5-12-8-10)11(17)9-15-7-6-13-14-15/h6-7,10,12H,2-5,8-9H2,1H3. The number of carbonyl (C=O) groups excluding carboxylic acids is 1. The van der Waals surface area contributed by atoms with Crippen LogP contribution in [0.2, 0.25) is 0 Å². The van der Waals surface area contributed by atoms with Gasteiger partial charge in [0.05, 0.1) is 6.20 Å². The van der Waals surface area contributed by atoms with Crippen LogP contribution in [-0.2, 0) is 11.3 Å². The highest BCUT2D eigenvalue weighted by Crippen LogP contribution is 2.10. The zero-order valence-electron chi connectivity index (χ0n) is 10.2. The summed E-state index contributed by atoms with van der Waals surface area (Å²) in [7, 11) is 0. The first-order valence-corrected chi connectivity index (χ1v) is 6.15. The van der Waals surface area contributed by atoms with Crippen molar-refractivity contribution in [3.05, 3.63) is 12.4 Å². The van der Waals surface area contributed by atoms with Gasteiger partial charge in [0.2, 0.25) is 5.91 Å². The molecule has 2 heterocycles.